The Kier molecular flexibility index (Phi) is 6.04. The molecule has 1 aromatic rings. The first-order valence-corrected chi connectivity index (χ1v) is 6.71. The molecule has 0 fully saturated rings. The second kappa shape index (κ2) is 7.35. The highest BCUT2D eigenvalue weighted by atomic mass is 19.4. The van der Waals surface area contributed by atoms with E-state index in [4.69, 9.17) is 10.5 Å². The van der Waals surface area contributed by atoms with Crippen molar-refractivity contribution < 1.29 is 32.9 Å². The van der Waals surface area contributed by atoms with Crippen molar-refractivity contribution in [2.24, 2.45) is 5.73 Å². The summed E-state index contributed by atoms with van der Waals surface area (Å²) in [5.74, 6) is -2.92. The number of nitrogens with two attached hydrogens (primary N) is 1. The van der Waals surface area contributed by atoms with Gasteiger partial charge in [0.2, 0.25) is 0 Å². The summed E-state index contributed by atoms with van der Waals surface area (Å²) in [5.41, 5.74) is 4.18. The lowest BCUT2D eigenvalue weighted by Crippen LogP contribution is -2.34. The van der Waals surface area contributed by atoms with Crippen LogP contribution in [0.3, 0.4) is 0 Å². The van der Waals surface area contributed by atoms with Gasteiger partial charge in [0.05, 0.1) is 6.61 Å². The van der Waals surface area contributed by atoms with Crippen LogP contribution in [0.25, 0.3) is 0 Å². The van der Waals surface area contributed by atoms with Crippen molar-refractivity contribution in [2.75, 3.05) is 6.61 Å². The minimum absolute atomic E-state index is 0.0999. The summed E-state index contributed by atoms with van der Waals surface area (Å²) >= 11 is 0. The van der Waals surface area contributed by atoms with E-state index in [1.54, 1.807) is 0 Å². The summed E-state index contributed by atoms with van der Waals surface area (Å²) in [4.78, 5) is 11.6. The Morgan fingerprint density at radius 3 is 2.32 bits per heavy atom. The average Bonchev–Trinajstić information content (AvgIpc) is 2.36. The number of halogens is 3. The predicted molar refractivity (Wildman–Crippen MR) is 72.3 cm³/mol. The zero-order valence-electron chi connectivity index (χ0n) is 12.0. The lowest BCUT2D eigenvalue weighted by atomic mass is 10.0. The van der Waals surface area contributed by atoms with Crippen LogP contribution >= 0.6 is 0 Å². The molecule has 0 amide bonds. The largest absolute Gasteiger partial charge is 0.507 e. The van der Waals surface area contributed by atoms with Crippen LogP contribution in [0, 0.1) is 0 Å². The van der Waals surface area contributed by atoms with Crippen molar-refractivity contribution in [1.29, 1.82) is 0 Å². The summed E-state index contributed by atoms with van der Waals surface area (Å²) in [7, 11) is 0. The van der Waals surface area contributed by atoms with Crippen LogP contribution in [-0.2, 0) is 22.1 Å². The number of benzene rings is 1. The van der Waals surface area contributed by atoms with Crippen molar-refractivity contribution in [1.82, 2.24) is 0 Å². The summed E-state index contributed by atoms with van der Waals surface area (Å²) in [6.07, 6.45) is -3.53. The molecule has 0 saturated carbocycles. The number of carbonyl (C=O) groups excluding carboxylic acids is 1. The number of aromatic hydroxyl groups is 2. The topological polar surface area (TPSA) is 92.8 Å². The number of carbonyl (C=O) groups is 1. The van der Waals surface area contributed by atoms with Gasteiger partial charge < -0.3 is 20.7 Å². The maximum atomic E-state index is 12.6. The van der Waals surface area contributed by atoms with Crippen molar-refractivity contribution >= 4 is 5.97 Å². The Balaban J connectivity index is 2.81. The number of hydrogen-bond acceptors (Lipinski definition) is 5. The standard InChI is InChI=1S/C14H18F3NO4/c1-2-3-4-22-13(21)9(18)5-8-6-10(19)12(11(20)7-8)14(15,16)17/h6-7,9,19-20H,2-5,18H2,1H3/t9-/m0/s1. The van der Waals surface area contributed by atoms with Crippen molar-refractivity contribution in [3.63, 3.8) is 0 Å². The van der Waals surface area contributed by atoms with E-state index in [1.807, 2.05) is 6.92 Å². The fourth-order valence-corrected chi connectivity index (χ4v) is 1.84. The zero-order chi connectivity index (χ0) is 16.9. The van der Waals surface area contributed by atoms with E-state index in [1.165, 1.54) is 0 Å². The number of ether oxygens (including phenoxy) is 1. The van der Waals surface area contributed by atoms with Gasteiger partial charge in [-0.2, -0.15) is 13.2 Å². The molecule has 0 radical (unpaired) electrons. The van der Waals surface area contributed by atoms with Crippen LogP contribution in [0.5, 0.6) is 11.5 Å². The highest BCUT2D eigenvalue weighted by molar-refractivity contribution is 5.76. The highest BCUT2D eigenvalue weighted by Crippen LogP contribution is 2.42. The fraction of sp³-hybridized carbons (Fsp3) is 0.500. The van der Waals surface area contributed by atoms with Gasteiger partial charge in [0.1, 0.15) is 23.1 Å². The number of rotatable bonds is 6. The minimum Gasteiger partial charge on any atom is -0.507 e. The molecule has 22 heavy (non-hydrogen) atoms. The van der Waals surface area contributed by atoms with Gasteiger partial charge in [0, 0.05) is 0 Å². The van der Waals surface area contributed by atoms with Crippen LogP contribution in [0.4, 0.5) is 13.2 Å². The molecule has 124 valence electrons. The first kappa shape index (κ1) is 18.1. The summed E-state index contributed by atoms with van der Waals surface area (Å²) in [5, 5.41) is 18.8. The number of phenolic OH excluding ortho intramolecular Hbond substituents is 2. The van der Waals surface area contributed by atoms with Crippen LogP contribution in [0.2, 0.25) is 0 Å². The number of alkyl halides is 3. The third-order valence-electron chi connectivity index (χ3n) is 2.94. The van der Waals surface area contributed by atoms with E-state index >= 15 is 0 Å². The quantitative estimate of drug-likeness (QED) is 0.552. The molecule has 0 unspecified atom stereocenters. The predicted octanol–water partition coefficient (Wildman–Crippen LogP) is 2.33. The molecule has 0 saturated heterocycles. The summed E-state index contributed by atoms with van der Waals surface area (Å²) < 4.78 is 42.6. The summed E-state index contributed by atoms with van der Waals surface area (Å²) in [6.45, 7) is 2.13. The smallest absolute Gasteiger partial charge is 0.423 e. The molecule has 1 atom stereocenters. The number of esters is 1. The molecule has 8 heteroatoms. The van der Waals surface area contributed by atoms with Crippen LogP contribution in [0.15, 0.2) is 12.1 Å². The molecule has 0 aliphatic heterocycles. The Hall–Kier alpha value is -1.96. The number of phenols is 2. The molecule has 0 aliphatic carbocycles. The molecule has 0 bridgehead atoms. The van der Waals surface area contributed by atoms with Gasteiger partial charge in [-0.1, -0.05) is 13.3 Å². The molecule has 1 rings (SSSR count). The van der Waals surface area contributed by atoms with E-state index < -0.39 is 35.2 Å². The van der Waals surface area contributed by atoms with Crippen molar-refractivity contribution in [3.05, 3.63) is 23.3 Å². The minimum atomic E-state index is -4.88. The molecule has 1 aromatic carbocycles. The van der Waals surface area contributed by atoms with E-state index in [9.17, 15) is 28.2 Å². The molecule has 4 N–H and O–H groups in total. The lowest BCUT2D eigenvalue weighted by molar-refractivity contribution is -0.145. The van der Waals surface area contributed by atoms with E-state index in [2.05, 4.69) is 0 Å². The van der Waals surface area contributed by atoms with E-state index in [0.717, 1.165) is 18.6 Å². The molecule has 0 heterocycles. The van der Waals surface area contributed by atoms with Crippen molar-refractivity contribution in [3.8, 4) is 11.5 Å². The maximum Gasteiger partial charge on any atom is 0.423 e. The van der Waals surface area contributed by atoms with Gasteiger partial charge in [-0.3, -0.25) is 4.79 Å². The summed E-state index contributed by atoms with van der Waals surface area (Å²) in [6, 6.07) is 0.552. The number of unbranched alkanes of at least 4 members (excludes halogenated alkanes) is 1. The molecule has 0 spiro atoms. The monoisotopic (exact) mass is 321 g/mol. The Bertz CT molecular complexity index is 508. The van der Waals surface area contributed by atoms with Crippen LogP contribution in [-0.4, -0.2) is 28.8 Å². The second-order valence-electron chi connectivity index (χ2n) is 4.84. The molecule has 0 aliphatic rings. The van der Waals surface area contributed by atoms with E-state index in [-0.39, 0.29) is 18.6 Å². The van der Waals surface area contributed by atoms with Gasteiger partial charge in [0.15, 0.2) is 0 Å². The lowest BCUT2D eigenvalue weighted by Gasteiger charge is -2.15. The normalized spacial score (nSPS) is 13.0. The SMILES string of the molecule is CCCCOC(=O)[C@@H](N)Cc1cc(O)c(C(F)(F)F)c(O)c1. The third-order valence-corrected chi connectivity index (χ3v) is 2.94. The van der Waals surface area contributed by atoms with E-state index in [0.29, 0.717) is 6.42 Å². The first-order chi connectivity index (χ1) is 10.2. The Morgan fingerprint density at radius 2 is 1.86 bits per heavy atom. The van der Waals surface area contributed by atoms with Gasteiger partial charge in [0.25, 0.3) is 0 Å². The molecule has 0 aromatic heterocycles. The number of hydrogen-bond donors (Lipinski definition) is 3. The fourth-order valence-electron chi connectivity index (χ4n) is 1.84. The molecule has 5 nitrogen and oxygen atoms in total. The van der Waals surface area contributed by atoms with Gasteiger partial charge in [-0.05, 0) is 30.5 Å². The zero-order valence-corrected chi connectivity index (χ0v) is 12.0. The maximum absolute atomic E-state index is 12.6. The van der Waals surface area contributed by atoms with Crippen LogP contribution < -0.4 is 5.73 Å². The Labute approximate surface area is 125 Å². The highest BCUT2D eigenvalue weighted by Gasteiger charge is 2.37. The molecular formula is C14H18F3NO4. The second-order valence-corrected chi connectivity index (χ2v) is 4.84. The van der Waals surface area contributed by atoms with Gasteiger partial charge >= 0.3 is 12.1 Å². The van der Waals surface area contributed by atoms with Crippen LogP contribution in [0.1, 0.15) is 30.9 Å². The Morgan fingerprint density at radius 1 is 1.32 bits per heavy atom. The van der Waals surface area contributed by atoms with Crippen molar-refractivity contribution in [2.45, 2.75) is 38.4 Å². The third kappa shape index (κ3) is 4.80. The molecular weight excluding hydrogens is 303 g/mol. The first-order valence-electron chi connectivity index (χ1n) is 6.71. The van der Waals surface area contributed by atoms with Gasteiger partial charge in [-0.25, -0.2) is 0 Å². The average molecular weight is 321 g/mol. The van der Waals surface area contributed by atoms with Gasteiger partial charge in [-0.15, -0.1) is 0 Å².